The summed E-state index contributed by atoms with van der Waals surface area (Å²) in [5.74, 6) is 0.705. The molecule has 6 heteroatoms. The Kier molecular flexibility index (Phi) is 5.06. The van der Waals surface area contributed by atoms with E-state index in [4.69, 9.17) is 28.0 Å². The van der Waals surface area contributed by atoms with Crippen LogP contribution in [0.15, 0.2) is 53.5 Å². The molecular formula is C17H17Cl2N3O. The molecular weight excluding hydrogens is 333 g/mol. The zero-order chi connectivity index (χ0) is 16.2. The van der Waals surface area contributed by atoms with Crippen LogP contribution in [-0.2, 0) is 11.4 Å². The van der Waals surface area contributed by atoms with Gasteiger partial charge in [0, 0.05) is 7.05 Å². The predicted molar refractivity (Wildman–Crippen MR) is 95.1 cm³/mol. The first kappa shape index (κ1) is 16.1. The van der Waals surface area contributed by atoms with Crippen LogP contribution in [0, 0.1) is 0 Å². The van der Waals surface area contributed by atoms with Crippen LogP contribution in [0.3, 0.4) is 0 Å². The van der Waals surface area contributed by atoms with E-state index < -0.39 is 0 Å². The fourth-order valence-electron chi connectivity index (χ4n) is 2.45. The molecule has 0 N–H and O–H groups in total. The minimum Gasteiger partial charge on any atom is -0.311 e. The molecule has 1 heterocycles. The number of nitrogens with zero attached hydrogens (tertiary/aromatic N) is 3. The zero-order valence-corrected chi connectivity index (χ0v) is 14.3. The maximum Gasteiger partial charge on any atom is 0.225 e. The van der Waals surface area contributed by atoms with Crippen molar-refractivity contribution in [2.24, 2.45) is 4.99 Å². The number of hydroxylamine groups is 2. The Balaban J connectivity index is 1.74. The maximum absolute atomic E-state index is 6.28. The summed E-state index contributed by atoms with van der Waals surface area (Å²) in [6.07, 6.45) is 0. The fourth-order valence-corrected chi connectivity index (χ4v) is 3.10. The molecule has 0 saturated carbocycles. The van der Waals surface area contributed by atoms with E-state index in [9.17, 15) is 0 Å². The summed E-state index contributed by atoms with van der Waals surface area (Å²) in [7, 11) is 1.89. The van der Waals surface area contributed by atoms with E-state index in [1.54, 1.807) is 5.06 Å². The lowest BCUT2D eigenvalue weighted by molar-refractivity contribution is -0.104. The van der Waals surface area contributed by atoms with Crippen LogP contribution in [0.25, 0.3) is 0 Å². The van der Waals surface area contributed by atoms with Crippen molar-refractivity contribution in [1.29, 1.82) is 0 Å². The van der Waals surface area contributed by atoms with E-state index in [2.05, 4.69) is 4.99 Å². The van der Waals surface area contributed by atoms with Crippen molar-refractivity contribution in [3.8, 4) is 0 Å². The van der Waals surface area contributed by atoms with Crippen molar-refractivity contribution in [3.63, 3.8) is 0 Å². The highest BCUT2D eigenvalue weighted by atomic mass is 35.5. The standard InChI is InChI=1S/C17H17Cl2N3O/c1-21(16-14(18)8-5-9-15(16)19)17-20-10-11-22(17)23-12-13-6-3-2-4-7-13/h2-9H,10-12H2,1H3. The topological polar surface area (TPSA) is 28.1 Å². The molecule has 0 aromatic heterocycles. The van der Waals surface area contributed by atoms with Crippen molar-refractivity contribution in [1.82, 2.24) is 5.06 Å². The van der Waals surface area contributed by atoms with E-state index >= 15 is 0 Å². The Morgan fingerprint density at radius 2 is 1.78 bits per heavy atom. The molecule has 0 radical (unpaired) electrons. The molecule has 0 atom stereocenters. The quantitative estimate of drug-likeness (QED) is 0.826. The van der Waals surface area contributed by atoms with Gasteiger partial charge in [0.05, 0.1) is 28.8 Å². The van der Waals surface area contributed by atoms with Crippen LogP contribution in [0.5, 0.6) is 0 Å². The highest BCUT2D eigenvalue weighted by molar-refractivity contribution is 6.39. The lowest BCUT2D eigenvalue weighted by Crippen LogP contribution is -2.40. The van der Waals surface area contributed by atoms with Crippen LogP contribution in [0.4, 0.5) is 5.69 Å². The van der Waals surface area contributed by atoms with E-state index in [0.29, 0.717) is 35.7 Å². The first-order valence-electron chi connectivity index (χ1n) is 7.33. The molecule has 0 fully saturated rings. The van der Waals surface area contributed by atoms with Gasteiger partial charge in [-0.2, -0.15) is 0 Å². The van der Waals surface area contributed by atoms with Gasteiger partial charge < -0.3 is 4.90 Å². The molecule has 0 amide bonds. The Morgan fingerprint density at radius 1 is 1.09 bits per heavy atom. The molecule has 2 aromatic carbocycles. The van der Waals surface area contributed by atoms with Crippen LogP contribution < -0.4 is 4.90 Å². The normalized spacial score (nSPS) is 14.0. The van der Waals surface area contributed by atoms with Crippen molar-refractivity contribution >= 4 is 34.8 Å². The number of hydrogen-bond acceptors (Lipinski definition) is 4. The summed E-state index contributed by atoms with van der Waals surface area (Å²) in [4.78, 5) is 12.3. The summed E-state index contributed by atoms with van der Waals surface area (Å²) >= 11 is 12.6. The van der Waals surface area contributed by atoms with Gasteiger partial charge in [-0.05, 0) is 17.7 Å². The SMILES string of the molecule is CN(C1=NCCN1OCc1ccccc1)c1c(Cl)cccc1Cl. The number of hydrogen-bond donors (Lipinski definition) is 0. The molecule has 0 spiro atoms. The largest absolute Gasteiger partial charge is 0.311 e. The molecule has 3 rings (SSSR count). The minimum atomic E-state index is 0.490. The van der Waals surface area contributed by atoms with Gasteiger partial charge in [-0.3, -0.25) is 4.84 Å². The number of guanidine groups is 1. The summed E-state index contributed by atoms with van der Waals surface area (Å²) in [5, 5.41) is 2.95. The third kappa shape index (κ3) is 3.61. The van der Waals surface area contributed by atoms with Gasteiger partial charge in [-0.1, -0.05) is 59.6 Å². The molecule has 120 valence electrons. The maximum atomic E-state index is 6.28. The molecule has 0 saturated heterocycles. The van der Waals surface area contributed by atoms with Gasteiger partial charge in [0.25, 0.3) is 0 Å². The third-order valence-electron chi connectivity index (χ3n) is 3.58. The van der Waals surface area contributed by atoms with Gasteiger partial charge in [0.15, 0.2) is 0 Å². The zero-order valence-electron chi connectivity index (χ0n) is 12.7. The number of aliphatic imine (C=N–C) groups is 1. The summed E-state index contributed by atoms with van der Waals surface area (Å²) < 4.78 is 0. The lowest BCUT2D eigenvalue weighted by Gasteiger charge is -2.28. The summed E-state index contributed by atoms with van der Waals surface area (Å²) in [5.41, 5.74) is 1.84. The van der Waals surface area contributed by atoms with Gasteiger partial charge in [0.2, 0.25) is 5.96 Å². The van der Waals surface area contributed by atoms with Crippen molar-refractivity contribution < 1.29 is 4.84 Å². The number of halogens is 2. The fraction of sp³-hybridized carbons (Fsp3) is 0.235. The second-order valence-electron chi connectivity index (χ2n) is 5.17. The second kappa shape index (κ2) is 7.21. The molecule has 23 heavy (non-hydrogen) atoms. The molecule has 0 unspecified atom stereocenters. The first-order chi connectivity index (χ1) is 11.2. The van der Waals surface area contributed by atoms with E-state index in [1.165, 1.54) is 0 Å². The van der Waals surface area contributed by atoms with Crippen LogP contribution >= 0.6 is 23.2 Å². The van der Waals surface area contributed by atoms with Crippen molar-refractivity contribution in [2.45, 2.75) is 6.61 Å². The summed E-state index contributed by atoms with van der Waals surface area (Å²) in [6.45, 7) is 1.87. The monoisotopic (exact) mass is 349 g/mol. The van der Waals surface area contributed by atoms with E-state index in [1.807, 2.05) is 60.5 Å². The van der Waals surface area contributed by atoms with Crippen LogP contribution in [-0.4, -0.2) is 31.2 Å². The lowest BCUT2D eigenvalue weighted by atomic mass is 10.2. The Labute approximate surface area is 145 Å². The van der Waals surface area contributed by atoms with E-state index in [-0.39, 0.29) is 0 Å². The molecule has 2 aromatic rings. The van der Waals surface area contributed by atoms with Crippen LogP contribution in [0.2, 0.25) is 10.0 Å². The molecule has 4 nitrogen and oxygen atoms in total. The Morgan fingerprint density at radius 3 is 2.48 bits per heavy atom. The van der Waals surface area contributed by atoms with Crippen molar-refractivity contribution in [3.05, 3.63) is 64.1 Å². The first-order valence-corrected chi connectivity index (χ1v) is 8.09. The van der Waals surface area contributed by atoms with Gasteiger partial charge in [-0.25, -0.2) is 10.1 Å². The molecule has 0 bridgehead atoms. The third-order valence-corrected chi connectivity index (χ3v) is 4.19. The van der Waals surface area contributed by atoms with Gasteiger partial charge >= 0.3 is 0 Å². The highest BCUT2D eigenvalue weighted by Gasteiger charge is 2.25. The number of para-hydroxylation sites is 1. The number of anilines is 1. The highest BCUT2D eigenvalue weighted by Crippen LogP contribution is 2.33. The molecule has 1 aliphatic heterocycles. The summed E-state index contributed by atoms with van der Waals surface area (Å²) in [6, 6.07) is 15.5. The van der Waals surface area contributed by atoms with E-state index in [0.717, 1.165) is 11.3 Å². The molecule has 0 aliphatic carbocycles. The van der Waals surface area contributed by atoms with Crippen molar-refractivity contribution in [2.75, 3.05) is 25.0 Å². The Hall–Kier alpha value is -1.75. The smallest absolute Gasteiger partial charge is 0.225 e. The Bertz CT molecular complexity index is 686. The average Bonchev–Trinajstić information content (AvgIpc) is 3.02. The average molecular weight is 350 g/mol. The van der Waals surface area contributed by atoms with Gasteiger partial charge in [0.1, 0.15) is 6.61 Å². The predicted octanol–water partition coefficient (Wildman–Crippen LogP) is 4.23. The second-order valence-corrected chi connectivity index (χ2v) is 5.99. The minimum absolute atomic E-state index is 0.490. The number of rotatable bonds is 4. The number of benzene rings is 2. The van der Waals surface area contributed by atoms with Gasteiger partial charge in [-0.15, -0.1) is 0 Å². The molecule has 1 aliphatic rings. The van der Waals surface area contributed by atoms with Crippen LogP contribution in [0.1, 0.15) is 5.56 Å².